The number of pyridine rings is 1. The number of carboxylic acids is 1. The van der Waals surface area contributed by atoms with E-state index in [2.05, 4.69) is 4.98 Å². The molecule has 1 aromatic heterocycles. The summed E-state index contributed by atoms with van der Waals surface area (Å²) in [4.78, 5) is 15.8. The van der Waals surface area contributed by atoms with Crippen LogP contribution in [0.3, 0.4) is 0 Å². The maximum absolute atomic E-state index is 10.9. The third kappa shape index (κ3) is 2.99. The van der Waals surface area contributed by atoms with Crippen molar-refractivity contribution < 1.29 is 9.90 Å². The lowest BCUT2D eigenvalue weighted by molar-refractivity contribution is -0.255. The van der Waals surface area contributed by atoms with Gasteiger partial charge in [0, 0.05) is 21.7 Å². The predicted octanol–water partition coefficient (Wildman–Crippen LogP) is 2.25. The number of carbonyl (C=O) groups excluding carboxylic acids is 1. The zero-order chi connectivity index (χ0) is 12.3. The van der Waals surface area contributed by atoms with Gasteiger partial charge < -0.3 is 9.90 Å². The first-order valence-corrected chi connectivity index (χ1v) is 5.96. The summed E-state index contributed by atoms with van der Waals surface area (Å²) in [5.41, 5.74) is 0.0902. The van der Waals surface area contributed by atoms with E-state index in [4.69, 9.17) is 11.6 Å². The Hall–Kier alpha value is -1.52. The van der Waals surface area contributed by atoms with Crippen LogP contribution >= 0.6 is 23.4 Å². The summed E-state index contributed by atoms with van der Waals surface area (Å²) in [5, 5.41) is 11.9. The SMILES string of the molecule is O=C([O-])c1cccnc1Sc1ccc(Cl)cc1. The number of aromatic nitrogens is 1. The largest absolute Gasteiger partial charge is 0.545 e. The Labute approximate surface area is 107 Å². The van der Waals surface area contributed by atoms with Crippen molar-refractivity contribution in [2.75, 3.05) is 0 Å². The smallest absolute Gasteiger partial charge is 0.110 e. The molecule has 1 heterocycles. The van der Waals surface area contributed by atoms with E-state index in [0.717, 1.165) is 4.90 Å². The number of nitrogens with zero attached hydrogens (tertiary/aromatic N) is 1. The van der Waals surface area contributed by atoms with Crippen LogP contribution in [0.15, 0.2) is 52.5 Å². The highest BCUT2D eigenvalue weighted by molar-refractivity contribution is 7.99. The van der Waals surface area contributed by atoms with E-state index in [1.54, 1.807) is 36.5 Å². The topological polar surface area (TPSA) is 53.0 Å². The first kappa shape index (κ1) is 12.0. The molecule has 2 rings (SSSR count). The van der Waals surface area contributed by atoms with Crippen molar-refractivity contribution in [3.8, 4) is 0 Å². The second-order valence-electron chi connectivity index (χ2n) is 3.20. The monoisotopic (exact) mass is 264 g/mol. The van der Waals surface area contributed by atoms with E-state index >= 15 is 0 Å². The molecule has 0 N–H and O–H groups in total. The summed E-state index contributed by atoms with van der Waals surface area (Å²) in [6, 6.07) is 10.1. The van der Waals surface area contributed by atoms with E-state index < -0.39 is 5.97 Å². The van der Waals surface area contributed by atoms with Crippen LogP contribution in [0, 0.1) is 0 Å². The van der Waals surface area contributed by atoms with Gasteiger partial charge >= 0.3 is 0 Å². The van der Waals surface area contributed by atoms with Gasteiger partial charge in [-0.1, -0.05) is 23.4 Å². The highest BCUT2D eigenvalue weighted by atomic mass is 35.5. The molecule has 0 fully saturated rings. The molecule has 0 atom stereocenters. The molecule has 1 aromatic carbocycles. The van der Waals surface area contributed by atoms with Gasteiger partial charge in [0.25, 0.3) is 0 Å². The molecular weight excluding hydrogens is 258 g/mol. The van der Waals surface area contributed by atoms with Crippen molar-refractivity contribution in [2.45, 2.75) is 9.92 Å². The number of carboxylic acid groups (broad SMARTS) is 1. The molecule has 0 saturated carbocycles. The van der Waals surface area contributed by atoms with E-state index in [0.29, 0.717) is 10.0 Å². The van der Waals surface area contributed by atoms with Crippen LogP contribution in [0.2, 0.25) is 5.02 Å². The average molecular weight is 265 g/mol. The van der Waals surface area contributed by atoms with Crippen molar-refractivity contribution >= 4 is 29.3 Å². The van der Waals surface area contributed by atoms with Gasteiger partial charge in [0.2, 0.25) is 0 Å². The van der Waals surface area contributed by atoms with Crippen LogP contribution in [-0.2, 0) is 0 Å². The molecule has 0 aliphatic heterocycles. The normalized spacial score (nSPS) is 10.2. The predicted molar refractivity (Wildman–Crippen MR) is 64.1 cm³/mol. The van der Waals surface area contributed by atoms with Crippen molar-refractivity contribution in [3.05, 3.63) is 53.2 Å². The summed E-state index contributed by atoms with van der Waals surface area (Å²) in [7, 11) is 0. The van der Waals surface area contributed by atoms with Gasteiger partial charge in [0.05, 0.1) is 5.97 Å². The van der Waals surface area contributed by atoms with Gasteiger partial charge in [-0.05, 0) is 36.4 Å². The minimum absolute atomic E-state index is 0.0902. The molecule has 0 spiro atoms. The Balaban J connectivity index is 2.30. The fraction of sp³-hybridized carbons (Fsp3) is 0. The summed E-state index contributed by atoms with van der Waals surface area (Å²) >= 11 is 7.03. The molecule has 5 heteroatoms. The lowest BCUT2D eigenvalue weighted by Gasteiger charge is -2.08. The summed E-state index contributed by atoms with van der Waals surface area (Å²) < 4.78 is 0. The molecule has 17 heavy (non-hydrogen) atoms. The zero-order valence-electron chi connectivity index (χ0n) is 8.59. The Bertz CT molecular complexity index is 542. The van der Waals surface area contributed by atoms with Crippen LogP contribution in [0.1, 0.15) is 10.4 Å². The molecule has 0 aliphatic carbocycles. The first-order valence-electron chi connectivity index (χ1n) is 4.76. The quantitative estimate of drug-likeness (QED) is 0.853. The van der Waals surface area contributed by atoms with Gasteiger partial charge in [0.1, 0.15) is 5.03 Å². The lowest BCUT2D eigenvalue weighted by Crippen LogP contribution is -2.23. The van der Waals surface area contributed by atoms with Gasteiger partial charge in [-0.3, -0.25) is 0 Å². The molecule has 0 amide bonds. The number of carbonyl (C=O) groups is 1. The molecule has 0 saturated heterocycles. The van der Waals surface area contributed by atoms with Gasteiger partial charge in [-0.2, -0.15) is 0 Å². The Morgan fingerprint density at radius 3 is 2.59 bits per heavy atom. The summed E-state index contributed by atoms with van der Waals surface area (Å²) in [5.74, 6) is -1.23. The van der Waals surface area contributed by atoms with Gasteiger partial charge in [0.15, 0.2) is 0 Å². The minimum atomic E-state index is -1.23. The molecular formula is C12H7ClNO2S-. The van der Waals surface area contributed by atoms with Crippen LogP contribution in [0.5, 0.6) is 0 Å². The maximum atomic E-state index is 10.9. The molecule has 3 nitrogen and oxygen atoms in total. The van der Waals surface area contributed by atoms with E-state index in [1.165, 1.54) is 17.8 Å². The van der Waals surface area contributed by atoms with Crippen LogP contribution in [-0.4, -0.2) is 11.0 Å². The van der Waals surface area contributed by atoms with Crippen molar-refractivity contribution in [2.24, 2.45) is 0 Å². The lowest BCUT2D eigenvalue weighted by atomic mass is 10.3. The van der Waals surface area contributed by atoms with Crippen LogP contribution in [0.25, 0.3) is 0 Å². The number of aromatic carboxylic acids is 1. The third-order valence-electron chi connectivity index (χ3n) is 2.02. The molecule has 86 valence electrons. The molecule has 0 bridgehead atoms. The van der Waals surface area contributed by atoms with E-state index in [1.807, 2.05) is 0 Å². The maximum Gasteiger partial charge on any atom is 0.110 e. The van der Waals surface area contributed by atoms with Gasteiger partial charge in [-0.25, -0.2) is 4.98 Å². The first-order chi connectivity index (χ1) is 8.16. The highest BCUT2D eigenvalue weighted by Gasteiger charge is 2.06. The Morgan fingerprint density at radius 2 is 1.94 bits per heavy atom. The minimum Gasteiger partial charge on any atom is -0.545 e. The molecule has 0 unspecified atom stereocenters. The molecule has 2 aromatic rings. The van der Waals surface area contributed by atoms with Crippen molar-refractivity contribution in [1.29, 1.82) is 0 Å². The third-order valence-corrected chi connectivity index (χ3v) is 3.30. The Kier molecular flexibility index (Phi) is 3.66. The fourth-order valence-electron chi connectivity index (χ4n) is 1.24. The number of hydrogen-bond donors (Lipinski definition) is 0. The molecule has 0 aliphatic rings. The average Bonchev–Trinajstić information content (AvgIpc) is 2.32. The van der Waals surface area contributed by atoms with E-state index in [-0.39, 0.29) is 5.56 Å². The summed E-state index contributed by atoms with van der Waals surface area (Å²) in [6.07, 6.45) is 1.55. The Morgan fingerprint density at radius 1 is 1.24 bits per heavy atom. The molecule has 0 radical (unpaired) electrons. The van der Waals surface area contributed by atoms with Crippen LogP contribution in [0.4, 0.5) is 0 Å². The van der Waals surface area contributed by atoms with Crippen molar-refractivity contribution in [1.82, 2.24) is 4.98 Å². The van der Waals surface area contributed by atoms with Gasteiger partial charge in [-0.15, -0.1) is 0 Å². The van der Waals surface area contributed by atoms with Crippen LogP contribution < -0.4 is 5.11 Å². The number of hydrogen-bond acceptors (Lipinski definition) is 4. The fourth-order valence-corrected chi connectivity index (χ4v) is 2.24. The second kappa shape index (κ2) is 5.21. The van der Waals surface area contributed by atoms with E-state index in [9.17, 15) is 9.90 Å². The highest BCUT2D eigenvalue weighted by Crippen LogP contribution is 2.29. The standard InChI is InChI=1S/C12H8ClNO2S/c13-8-3-5-9(6-4-8)17-11-10(12(15)16)2-1-7-14-11/h1-7H,(H,15,16)/p-1. The number of rotatable bonds is 3. The van der Waals surface area contributed by atoms with Crippen molar-refractivity contribution in [3.63, 3.8) is 0 Å². The zero-order valence-corrected chi connectivity index (χ0v) is 10.2. The summed E-state index contributed by atoms with van der Waals surface area (Å²) in [6.45, 7) is 0. The number of halogens is 1. The number of benzene rings is 1. The second-order valence-corrected chi connectivity index (χ2v) is 4.70.